The fraction of sp³-hybridized carbons (Fsp3) is 0.562. The van der Waals surface area contributed by atoms with Crippen LogP contribution < -0.4 is 9.46 Å². The normalized spacial score (nSPS) is 18.2. The van der Waals surface area contributed by atoms with E-state index in [9.17, 15) is 13.2 Å². The van der Waals surface area contributed by atoms with Gasteiger partial charge in [0.15, 0.2) is 0 Å². The lowest BCUT2D eigenvalue weighted by Crippen LogP contribution is -2.34. The number of hydrogen-bond donors (Lipinski definition) is 1. The van der Waals surface area contributed by atoms with Crippen LogP contribution in [0.3, 0.4) is 0 Å². The molecule has 2 rings (SSSR count). The monoisotopic (exact) mass is 340 g/mol. The number of sulfonamides is 1. The van der Waals surface area contributed by atoms with Gasteiger partial charge in [0.25, 0.3) is 0 Å². The van der Waals surface area contributed by atoms with Crippen LogP contribution in [0.15, 0.2) is 24.3 Å². The summed E-state index contributed by atoms with van der Waals surface area (Å²) in [7, 11) is -3.25. The maximum atomic E-state index is 12.4. The molecule has 1 saturated heterocycles. The van der Waals surface area contributed by atoms with Crippen molar-refractivity contribution in [2.45, 2.75) is 32.2 Å². The number of rotatable bonds is 7. The Labute approximate surface area is 137 Å². The molecule has 6 nitrogen and oxygen atoms in total. The Balaban J connectivity index is 1.97. The molecular formula is C16H24N2O4S. The Kier molecular flexibility index (Phi) is 6.01. The van der Waals surface area contributed by atoms with E-state index in [0.29, 0.717) is 6.61 Å². The number of nitrogens with one attached hydrogen (secondary N) is 1. The maximum absolute atomic E-state index is 12.4. The van der Waals surface area contributed by atoms with Crippen LogP contribution in [-0.4, -0.2) is 45.2 Å². The predicted molar refractivity (Wildman–Crippen MR) is 88.8 cm³/mol. The van der Waals surface area contributed by atoms with Crippen molar-refractivity contribution in [3.63, 3.8) is 0 Å². The van der Waals surface area contributed by atoms with E-state index < -0.39 is 10.0 Å². The van der Waals surface area contributed by atoms with Gasteiger partial charge in [-0.3, -0.25) is 4.79 Å². The first-order valence-corrected chi connectivity index (χ1v) is 9.76. The van der Waals surface area contributed by atoms with Crippen molar-refractivity contribution in [3.05, 3.63) is 29.8 Å². The molecule has 1 fully saturated rings. The van der Waals surface area contributed by atoms with E-state index >= 15 is 0 Å². The first-order valence-electron chi connectivity index (χ1n) is 7.87. The van der Waals surface area contributed by atoms with Crippen LogP contribution in [0.5, 0.6) is 5.75 Å². The van der Waals surface area contributed by atoms with Crippen molar-refractivity contribution in [2.24, 2.45) is 0 Å². The van der Waals surface area contributed by atoms with Gasteiger partial charge in [-0.1, -0.05) is 12.1 Å². The second-order valence-corrected chi connectivity index (χ2v) is 7.50. The van der Waals surface area contributed by atoms with Crippen LogP contribution in [0.2, 0.25) is 0 Å². The molecule has 1 N–H and O–H groups in total. The summed E-state index contributed by atoms with van der Waals surface area (Å²) in [4.78, 5) is 14.2. The molecule has 1 aliphatic rings. The third-order valence-electron chi connectivity index (χ3n) is 3.85. The van der Waals surface area contributed by atoms with Crippen molar-refractivity contribution >= 4 is 15.9 Å². The van der Waals surface area contributed by atoms with Crippen LogP contribution in [-0.2, 0) is 14.8 Å². The average molecular weight is 340 g/mol. The van der Waals surface area contributed by atoms with Gasteiger partial charge in [0.2, 0.25) is 15.9 Å². The molecule has 23 heavy (non-hydrogen) atoms. The maximum Gasteiger partial charge on any atom is 0.224 e. The van der Waals surface area contributed by atoms with Gasteiger partial charge in [0, 0.05) is 19.5 Å². The van der Waals surface area contributed by atoms with Gasteiger partial charge in [0.1, 0.15) is 5.75 Å². The molecule has 0 unspecified atom stereocenters. The fourth-order valence-electron chi connectivity index (χ4n) is 2.85. The Morgan fingerprint density at radius 3 is 2.65 bits per heavy atom. The number of carbonyl (C=O) groups is 1. The van der Waals surface area contributed by atoms with Crippen molar-refractivity contribution < 1.29 is 17.9 Å². The van der Waals surface area contributed by atoms with Crippen LogP contribution in [0, 0.1) is 0 Å². The molecule has 0 aliphatic carbocycles. The molecule has 1 aromatic rings. The molecule has 1 aromatic carbocycles. The van der Waals surface area contributed by atoms with Crippen molar-refractivity contribution in [1.29, 1.82) is 0 Å². The molecule has 0 bridgehead atoms. The second-order valence-electron chi connectivity index (χ2n) is 5.66. The lowest BCUT2D eigenvalue weighted by Gasteiger charge is -2.25. The minimum absolute atomic E-state index is 0.0162. The van der Waals surface area contributed by atoms with Crippen molar-refractivity contribution in [3.8, 4) is 5.75 Å². The zero-order chi connectivity index (χ0) is 16.9. The van der Waals surface area contributed by atoms with E-state index in [1.807, 2.05) is 36.1 Å². The standard InChI is InChI=1S/C16H24N2O4S/c1-3-22-14-8-6-13(7-9-14)15-5-4-12-18(15)16(19)10-11-17-23(2,20)21/h6-9,15,17H,3-5,10-12H2,1-2H3/t15-/m0/s1. The third kappa shape index (κ3) is 5.21. The zero-order valence-electron chi connectivity index (χ0n) is 13.6. The molecular weight excluding hydrogens is 316 g/mol. The summed E-state index contributed by atoms with van der Waals surface area (Å²) in [6, 6.07) is 7.90. The van der Waals surface area contributed by atoms with E-state index in [0.717, 1.165) is 37.0 Å². The third-order valence-corrected chi connectivity index (χ3v) is 4.58. The molecule has 0 aromatic heterocycles. The smallest absolute Gasteiger partial charge is 0.224 e. The summed E-state index contributed by atoms with van der Waals surface area (Å²) in [5.41, 5.74) is 1.09. The van der Waals surface area contributed by atoms with Crippen LogP contribution in [0.1, 0.15) is 37.8 Å². The number of likely N-dealkylation sites (tertiary alicyclic amines) is 1. The Morgan fingerprint density at radius 1 is 1.35 bits per heavy atom. The minimum atomic E-state index is -3.25. The SMILES string of the molecule is CCOc1ccc([C@@H]2CCCN2C(=O)CCNS(C)(=O)=O)cc1. The summed E-state index contributed by atoms with van der Waals surface area (Å²) < 4.78 is 29.9. The Morgan fingerprint density at radius 2 is 2.04 bits per heavy atom. The van der Waals surface area contributed by atoms with E-state index in [1.165, 1.54) is 0 Å². The zero-order valence-corrected chi connectivity index (χ0v) is 14.4. The Bertz CT molecular complexity index is 628. The summed E-state index contributed by atoms with van der Waals surface area (Å²) in [6.45, 7) is 3.43. The van der Waals surface area contributed by atoms with Crippen molar-refractivity contribution in [2.75, 3.05) is 26.0 Å². The lowest BCUT2D eigenvalue weighted by molar-refractivity contribution is -0.131. The summed E-state index contributed by atoms with van der Waals surface area (Å²) in [5.74, 6) is 0.807. The number of ether oxygens (including phenoxy) is 1. The van der Waals surface area contributed by atoms with Crippen LogP contribution in [0.25, 0.3) is 0 Å². The van der Waals surface area contributed by atoms with E-state index in [2.05, 4.69) is 4.72 Å². The van der Waals surface area contributed by atoms with Gasteiger partial charge >= 0.3 is 0 Å². The number of amides is 1. The number of hydrogen-bond acceptors (Lipinski definition) is 4. The minimum Gasteiger partial charge on any atom is -0.494 e. The van der Waals surface area contributed by atoms with Gasteiger partial charge in [-0.25, -0.2) is 13.1 Å². The number of nitrogens with zero attached hydrogens (tertiary/aromatic N) is 1. The highest BCUT2D eigenvalue weighted by atomic mass is 32.2. The summed E-state index contributed by atoms with van der Waals surface area (Å²) >= 11 is 0. The lowest BCUT2D eigenvalue weighted by atomic mass is 10.0. The largest absolute Gasteiger partial charge is 0.494 e. The van der Waals surface area contributed by atoms with Gasteiger partial charge in [-0.05, 0) is 37.5 Å². The molecule has 128 valence electrons. The van der Waals surface area contributed by atoms with Gasteiger partial charge in [0.05, 0.1) is 18.9 Å². The van der Waals surface area contributed by atoms with E-state index in [-0.39, 0.29) is 24.9 Å². The quantitative estimate of drug-likeness (QED) is 0.819. The number of carbonyl (C=O) groups excluding carboxylic acids is 1. The van der Waals surface area contributed by atoms with E-state index in [1.54, 1.807) is 0 Å². The fourth-order valence-corrected chi connectivity index (χ4v) is 3.32. The Hall–Kier alpha value is -1.60. The summed E-state index contributed by atoms with van der Waals surface area (Å²) in [6.07, 6.45) is 3.17. The van der Waals surface area contributed by atoms with Gasteiger partial charge in [-0.2, -0.15) is 0 Å². The number of benzene rings is 1. The second kappa shape index (κ2) is 7.79. The summed E-state index contributed by atoms with van der Waals surface area (Å²) in [5, 5.41) is 0. The van der Waals surface area contributed by atoms with Crippen LogP contribution in [0.4, 0.5) is 0 Å². The molecule has 0 radical (unpaired) electrons. The first kappa shape index (κ1) is 17.7. The highest BCUT2D eigenvalue weighted by Gasteiger charge is 2.29. The molecule has 7 heteroatoms. The average Bonchev–Trinajstić information content (AvgIpc) is 2.96. The molecule has 0 saturated carbocycles. The first-order chi connectivity index (χ1) is 10.9. The van der Waals surface area contributed by atoms with E-state index in [4.69, 9.17) is 4.74 Å². The highest BCUT2D eigenvalue weighted by Crippen LogP contribution is 2.33. The highest BCUT2D eigenvalue weighted by molar-refractivity contribution is 7.88. The van der Waals surface area contributed by atoms with Crippen molar-refractivity contribution in [1.82, 2.24) is 9.62 Å². The molecule has 1 aliphatic heterocycles. The van der Waals surface area contributed by atoms with Gasteiger partial charge in [-0.15, -0.1) is 0 Å². The molecule has 0 spiro atoms. The molecule has 1 heterocycles. The topological polar surface area (TPSA) is 75.7 Å². The molecule has 1 atom stereocenters. The van der Waals surface area contributed by atoms with Gasteiger partial charge < -0.3 is 9.64 Å². The molecule has 1 amide bonds. The van der Waals surface area contributed by atoms with Crippen LogP contribution >= 0.6 is 0 Å². The predicted octanol–water partition coefficient (Wildman–Crippen LogP) is 1.69.